The second-order valence-electron chi connectivity index (χ2n) is 4.19. The molecule has 0 amide bonds. The van der Waals surface area contributed by atoms with Gasteiger partial charge in [0.1, 0.15) is 5.82 Å². The fourth-order valence-electron chi connectivity index (χ4n) is 1.89. The van der Waals surface area contributed by atoms with Crippen LogP contribution in [0.3, 0.4) is 0 Å². The van der Waals surface area contributed by atoms with Gasteiger partial charge >= 0.3 is 0 Å². The highest BCUT2D eigenvalue weighted by molar-refractivity contribution is 9.08. The average molecular weight is 329 g/mol. The van der Waals surface area contributed by atoms with Crippen LogP contribution in [-0.2, 0) is 11.9 Å². The van der Waals surface area contributed by atoms with Gasteiger partial charge in [-0.1, -0.05) is 34.5 Å². The fraction of sp³-hybridized carbons (Fsp3) is 0.385. The van der Waals surface area contributed by atoms with Crippen molar-refractivity contribution < 1.29 is 0 Å². The molecule has 96 valence electrons. The Kier molecular flexibility index (Phi) is 4.40. The lowest BCUT2D eigenvalue weighted by molar-refractivity contribution is 0.661. The van der Waals surface area contributed by atoms with Crippen LogP contribution in [-0.4, -0.2) is 14.8 Å². The van der Waals surface area contributed by atoms with Gasteiger partial charge < -0.3 is 4.57 Å². The van der Waals surface area contributed by atoms with Crippen LogP contribution in [0.4, 0.5) is 0 Å². The van der Waals surface area contributed by atoms with E-state index in [1.54, 1.807) is 0 Å². The lowest BCUT2D eigenvalue weighted by Crippen LogP contribution is -2.03. The molecule has 5 heteroatoms. The number of nitrogens with zero attached hydrogens (tertiary/aromatic N) is 3. The number of alkyl halides is 1. The molecule has 0 aliphatic rings. The van der Waals surface area contributed by atoms with Crippen molar-refractivity contribution in [2.75, 3.05) is 0 Å². The molecule has 1 aromatic heterocycles. The van der Waals surface area contributed by atoms with E-state index < -0.39 is 0 Å². The minimum Gasteiger partial charge on any atom is -0.310 e. The van der Waals surface area contributed by atoms with Crippen LogP contribution in [0.15, 0.2) is 18.2 Å². The van der Waals surface area contributed by atoms with E-state index in [0.29, 0.717) is 5.33 Å². The van der Waals surface area contributed by atoms with Crippen LogP contribution in [0.5, 0.6) is 0 Å². The molecule has 2 aromatic rings. The van der Waals surface area contributed by atoms with E-state index in [1.807, 2.05) is 19.1 Å². The van der Waals surface area contributed by atoms with Gasteiger partial charge in [-0.05, 0) is 37.1 Å². The summed E-state index contributed by atoms with van der Waals surface area (Å²) in [6.07, 6.45) is 1.05. The van der Waals surface area contributed by atoms with Crippen molar-refractivity contribution in [1.29, 1.82) is 0 Å². The summed E-state index contributed by atoms with van der Waals surface area (Å²) < 4.78 is 2.15. The predicted octanol–water partition coefficient (Wildman–Crippen LogP) is 4.21. The molecule has 3 nitrogen and oxygen atoms in total. The average Bonchev–Trinajstić information content (AvgIpc) is 2.76. The third-order valence-corrected chi connectivity index (χ3v) is 3.74. The summed E-state index contributed by atoms with van der Waals surface area (Å²) in [4.78, 5) is 0. The Labute approximate surface area is 120 Å². The summed E-state index contributed by atoms with van der Waals surface area (Å²) in [6.45, 7) is 5.07. The zero-order valence-electron chi connectivity index (χ0n) is 10.5. The second-order valence-corrected chi connectivity index (χ2v) is 5.16. The molecular weight excluding hydrogens is 314 g/mol. The van der Waals surface area contributed by atoms with Gasteiger partial charge in [0.15, 0.2) is 5.82 Å². The van der Waals surface area contributed by atoms with Gasteiger partial charge in [0.05, 0.1) is 5.33 Å². The molecule has 0 aliphatic carbocycles. The first-order valence-electron chi connectivity index (χ1n) is 5.92. The minimum absolute atomic E-state index is 0.715. The Hall–Kier alpha value is -0.870. The van der Waals surface area contributed by atoms with Crippen LogP contribution in [0, 0.1) is 6.92 Å². The van der Waals surface area contributed by atoms with Crippen molar-refractivity contribution in [3.8, 4) is 11.4 Å². The molecule has 0 bridgehead atoms. The van der Waals surface area contributed by atoms with Gasteiger partial charge in [0.25, 0.3) is 0 Å². The van der Waals surface area contributed by atoms with E-state index in [4.69, 9.17) is 11.6 Å². The highest BCUT2D eigenvalue weighted by atomic mass is 79.9. The van der Waals surface area contributed by atoms with E-state index in [-0.39, 0.29) is 0 Å². The summed E-state index contributed by atoms with van der Waals surface area (Å²) in [5.41, 5.74) is 2.12. The molecule has 0 atom stereocenters. The number of hydrogen-bond donors (Lipinski definition) is 0. The van der Waals surface area contributed by atoms with E-state index in [1.165, 1.54) is 0 Å². The fourth-order valence-corrected chi connectivity index (χ4v) is 2.42. The van der Waals surface area contributed by atoms with Crippen molar-refractivity contribution >= 4 is 27.5 Å². The quantitative estimate of drug-likeness (QED) is 0.787. The normalized spacial score (nSPS) is 10.9. The van der Waals surface area contributed by atoms with Gasteiger partial charge in [-0.2, -0.15) is 0 Å². The summed E-state index contributed by atoms with van der Waals surface area (Å²) in [6, 6.07) is 5.95. The number of aromatic nitrogens is 3. The first kappa shape index (κ1) is 13.6. The third kappa shape index (κ3) is 2.59. The smallest absolute Gasteiger partial charge is 0.163 e. The standard InChI is InChI=1S/C13H15BrClN3/c1-3-6-18-12(8-14)16-17-13(18)10-4-5-11(15)9(2)7-10/h4-5,7H,3,6,8H2,1-2H3. The van der Waals surface area contributed by atoms with Crippen LogP contribution >= 0.6 is 27.5 Å². The molecule has 0 radical (unpaired) electrons. The SMILES string of the molecule is CCCn1c(CBr)nnc1-c1ccc(Cl)c(C)c1. The zero-order chi connectivity index (χ0) is 13.1. The minimum atomic E-state index is 0.715. The predicted molar refractivity (Wildman–Crippen MR) is 78.1 cm³/mol. The maximum absolute atomic E-state index is 6.05. The first-order chi connectivity index (χ1) is 8.67. The summed E-state index contributed by atoms with van der Waals surface area (Å²) in [7, 11) is 0. The van der Waals surface area contributed by atoms with Crippen molar-refractivity contribution in [3.05, 3.63) is 34.6 Å². The Balaban J connectivity index is 2.49. The number of halogens is 2. The van der Waals surface area contributed by atoms with E-state index in [0.717, 1.165) is 40.8 Å². The van der Waals surface area contributed by atoms with Gasteiger partial charge in [-0.3, -0.25) is 0 Å². The largest absolute Gasteiger partial charge is 0.310 e. The van der Waals surface area contributed by atoms with Crippen LogP contribution in [0.1, 0.15) is 24.7 Å². The van der Waals surface area contributed by atoms with Crippen LogP contribution in [0.2, 0.25) is 5.02 Å². The van der Waals surface area contributed by atoms with Crippen molar-refractivity contribution in [2.24, 2.45) is 0 Å². The van der Waals surface area contributed by atoms with E-state index in [9.17, 15) is 0 Å². The summed E-state index contributed by atoms with van der Waals surface area (Å²) in [5, 5.41) is 9.99. The molecule has 0 N–H and O–H groups in total. The molecule has 1 aromatic carbocycles. The van der Waals surface area contributed by atoms with Gasteiger partial charge in [-0.15, -0.1) is 10.2 Å². The zero-order valence-corrected chi connectivity index (χ0v) is 12.8. The van der Waals surface area contributed by atoms with Crippen molar-refractivity contribution in [1.82, 2.24) is 14.8 Å². The van der Waals surface area contributed by atoms with Gasteiger partial charge in [-0.25, -0.2) is 0 Å². The van der Waals surface area contributed by atoms with E-state index >= 15 is 0 Å². The molecule has 0 saturated heterocycles. The molecule has 1 heterocycles. The molecular formula is C13H15BrClN3. The Bertz CT molecular complexity index is 551. The van der Waals surface area contributed by atoms with Gasteiger partial charge in [0, 0.05) is 17.1 Å². The number of aryl methyl sites for hydroxylation is 1. The second kappa shape index (κ2) is 5.85. The lowest BCUT2D eigenvalue weighted by atomic mass is 10.1. The van der Waals surface area contributed by atoms with Crippen LogP contribution < -0.4 is 0 Å². The molecule has 18 heavy (non-hydrogen) atoms. The highest BCUT2D eigenvalue weighted by Crippen LogP contribution is 2.24. The number of rotatable bonds is 4. The molecule has 2 rings (SSSR count). The Morgan fingerprint density at radius 3 is 2.72 bits per heavy atom. The summed E-state index contributed by atoms with van der Waals surface area (Å²) in [5.74, 6) is 1.87. The highest BCUT2D eigenvalue weighted by Gasteiger charge is 2.12. The van der Waals surface area contributed by atoms with Crippen molar-refractivity contribution in [2.45, 2.75) is 32.1 Å². The Morgan fingerprint density at radius 2 is 2.11 bits per heavy atom. The lowest BCUT2D eigenvalue weighted by Gasteiger charge is -2.08. The molecule has 0 saturated carbocycles. The Morgan fingerprint density at radius 1 is 1.33 bits per heavy atom. The van der Waals surface area contributed by atoms with Crippen molar-refractivity contribution in [3.63, 3.8) is 0 Å². The topological polar surface area (TPSA) is 30.7 Å². The number of hydrogen-bond acceptors (Lipinski definition) is 2. The summed E-state index contributed by atoms with van der Waals surface area (Å²) >= 11 is 9.50. The number of benzene rings is 1. The maximum Gasteiger partial charge on any atom is 0.163 e. The maximum atomic E-state index is 6.05. The first-order valence-corrected chi connectivity index (χ1v) is 7.42. The van der Waals surface area contributed by atoms with Gasteiger partial charge in [0.2, 0.25) is 0 Å². The third-order valence-electron chi connectivity index (χ3n) is 2.81. The molecule has 0 spiro atoms. The molecule has 0 fully saturated rings. The molecule has 0 aliphatic heterocycles. The van der Waals surface area contributed by atoms with Crippen LogP contribution in [0.25, 0.3) is 11.4 Å². The van der Waals surface area contributed by atoms with E-state index in [2.05, 4.69) is 43.7 Å². The monoisotopic (exact) mass is 327 g/mol. The molecule has 0 unspecified atom stereocenters.